The maximum Gasteiger partial charge on any atom is 0.0132 e. The topological polar surface area (TPSA) is 12.0 Å². The molecular formula is C8H16N. The fourth-order valence-corrected chi connectivity index (χ4v) is 0.631. The van der Waals surface area contributed by atoms with Crippen LogP contribution in [0.2, 0.25) is 0 Å². The van der Waals surface area contributed by atoms with Gasteiger partial charge in [0.25, 0.3) is 0 Å². The van der Waals surface area contributed by atoms with E-state index in [1.54, 1.807) is 0 Å². The monoisotopic (exact) mass is 126 g/mol. The van der Waals surface area contributed by atoms with Crippen LogP contribution in [0.4, 0.5) is 0 Å². The number of rotatable bonds is 6. The number of hydrogen-bond donors (Lipinski definition) is 1. The molecule has 1 N–H and O–H groups in total. The second-order valence-corrected chi connectivity index (χ2v) is 2.05. The third-order valence-electron chi connectivity index (χ3n) is 1.14. The molecule has 0 fully saturated rings. The average molecular weight is 126 g/mol. The van der Waals surface area contributed by atoms with E-state index in [0.29, 0.717) is 0 Å². The van der Waals surface area contributed by atoms with Crippen molar-refractivity contribution in [1.29, 1.82) is 0 Å². The maximum atomic E-state index is 3.76. The van der Waals surface area contributed by atoms with E-state index in [-0.39, 0.29) is 0 Å². The molecule has 1 nitrogen and oxygen atoms in total. The quantitative estimate of drug-likeness (QED) is 0.422. The molecule has 0 amide bonds. The smallest absolute Gasteiger partial charge is 0.0132 e. The Bertz CT molecular complexity index is 59.6. The molecule has 53 valence electrons. The normalized spacial score (nSPS) is 9.44. The van der Waals surface area contributed by atoms with E-state index in [9.17, 15) is 0 Å². The Morgan fingerprint density at radius 3 is 2.67 bits per heavy atom. The Balaban J connectivity index is 2.66. The zero-order valence-corrected chi connectivity index (χ0v) is 6.03. The summed E-state index contributed by atoms with van der Waals surface area (Å²) in [6.45, 7) is 9.39. The van der Waals surface area contributed by atoms with Crippen molar-refractivity contribution in [2.75, 3.05) is 13.1 Å². The van der Waals surface area contributed by atoms with Crippen molar-refractivity contribution in [3.05, 3.63) is 19.6 Å². The Morgan fingerprint density at radius 1 is 1.33 bits per heavy atom. The standard InChI is InChI=1S/C8H16N/c1-3-5-6-8-9-7-4-2/h4,9H,1-3,5-8H2. The Hall–Kier alpha value is -0.300. The van der Waals surface area contributed by atoms with Gasteiger partial charge in [-0.2, -0.15) is 0 Å². The van der Waals surface area contributed by atoms with Crippen LogP contribution in [0, 0.1) is 6.92 Å². The van der Waals surface area contributed by atoms with Crippen molar-refractivity contribution >= 4 is 0 Å². The predicted octanol–water partition coefficient (Wildman–Crippen LogP) is 1.77. The van der Waals surface area contributed by atoms with Crippen LogP contribution in [0.15, 0.2) is 12.7 Å². The summed E-state index contributed by atoms with van der Waals surface area (Å²) in [5, 5.41) is 3.22. The first-order chi connectivity index (χ1) is 4.41. The van der Waals surface area contributed by atoms with E-state index in [1.165, 1.54) is 12.8 Å². The van der Waals surface area contributed by atoms with Gasteiger partial charge in [-0.05, 0) is 13.0 Å². The van der Waals surface area contributed by atoms with Gasteiger partial charge < -0.3 is 5.32 Å². The molecule has 0 heterocycles. The molecule has 0 atom stereocenters. The molecular weight excluding hydrogens is 110 g/mol. The minimum absolute atomic E-state index is 0.928. The highest BCUT2D eigenvalue weighted by Crippen LogP contribution is 1.89. The van der Waals surface area contributed by atoms with Gasteiger partial charge in [0.1, 0.15) is 0 Å². The van der Waals surface area contributed by atoms with Gasteiger partial charge in [0, 0.05) is 6.54 Å². The summed E-state index contributed by atoms with van der Waals surface area (Å²) in [7, 11) is 0. The lowest BCUT2D eigenvalue weighted by Gasteiger charge is -1.97. The molecule has 0 aromatic rings. The first-order valence-electron chi connectivity index (χ1n) is 3.52. The van der Waals surface area contributed by atoms with Gasteiger partial charge in [-0.1, -0.05) is 25.8 Å². The van der Waals surface area contributed by atoms with Crippen LogP contribution in [0.1, 0.15) is 19.3 Å². The second-order valence-electron chi connectivity index (χ2n) is 2.05. The maximum absolute atomic E-state index is 3.76. The van der Waals surface area contributed by atoms with E-state index >= 15 is 0 Å². The van der Waals surface area contributed by atoms with Gasteiger partial charge in [-0.3, -0.25) is 0 Å². The summed E-state index contributed by atoms with van der Waals surface area (Å²) in [6, 6.07) is 0. The molecule has 0 rings (SSSR count). The molecule has 0 saturated heterocycles. The van der Waals surface area contributed by atoms with Crippen LogP contribution in [0.5, 0.6) is 0 Å². The van der Waals surface area contributed by atoms with Crippen LogP contribution >= 0.6 is 0 Å². The highest BCUT2D eigenvalue weighted by Gasteiger charge is 1.82. The molecule has 0 aliphatic heterocycles. The highest BCUT2D eigenvalue weighted by atomic mass is 14.8. The molecule has 0 aromatic heterocycles. The summed E-state index contributed by atoms with van der Waals surface area (Å²) in [5.41, 5.74) is 0. The summed E-state index contributed by atoms with van der Waals surface area (Å²) < 4.78 is 0. The van der Waals surface area contributed by atoms with Gasteiger partial charge in [0.15, 0.2) is 0 Å². The Labute approximate surface area is 58.2 Å². The van der Waals surface area contributed by atoms with Crippen molar-refractivity contribution < 1.29 is 0 Å². The van der Waals surface area contributed by atoms with Crippen LogP contribution in [-0.2, 0) is 0 Å². The van der Waals surface area contributed by atoms with E-state index < -0.39 is 0 Å². The van der Waals surface area contributed by atoms with Crippen LogP contribution < -0.4 is 5.32 Å². The van der Waals surface area contributed by atoms with Gasteiger partial charge in [-0.25, -0.2) is 0 Å². The molecule has 0 aliphatic carbocycles. The summed E-state index contributed by atoms with van der Waals surface area (Å²) in [4.78, 5) is 0. The fourth-order valence-electron chi connectivity index (χ4n) is 0.631. The van der Waals surface area contributed by atoms with Gasteiger partial charge in [0.05, 0.1) is 0 Å². The third-order valence-corrected chi connectivity index (χ3v) is 1.14. The predicted molar refractivity (Wildman–Crippen MR) is 42.3 cm³/mol. The summed E-state index contributed by atoms with van der Waals surface area (Å²) in [6.07, 6.45) is 5.39. The van der Waals surface area contributed by atoms with E-state index in [0.717, 1.165) is 19.5 Å². The molecule has 0 aromatic carbocycles. The zero-order valence-electron chi connectivity index (χ0n) is 6.03. The number of nitrogens with one attached hydrogen (secondary N) is 1. The summed E-state index contributed by atoms with van der Waals surface area (Å²) >= 11 is 0. The fraction of sp³-hybridized carbons (Fsp3) is 0.625. The van der Waals surface area contributed by atoms with Gasteiger partial charge >= 0.3 is 0 Å². The zero-order chi connectivity index (χ0) is 6.95. The van der Waals surface area contributed by atoms with Crippen molar-refractivity contribution in [3.8, 4) is 0 Å². The second kappa shape index (κ2) is 7.70. The first kappa shape index (κ1) is 8.70. The molecule has 0 aliphatic rings. The lowest BCUT2D eigenvalue weighted by molar-refractivity contribution is 0.660. The highest BCUT2D eigenvalue weighted by molar-refractivity contribution is 4.69. The Kier molecular flexibility index (Phi) is 7.44. The van der Waals surface area contributed by atoms with Crippen LogP contribution in [0.3, 0.4) is 0 Å². The molecule has 0 bridgehead atoms. The first-order valence-corrected chi connectivity index (χ1v) is 3.52. The molecule has 9 heavy (non-hydrogen) atoms. The number of unbranched alkanes of at least 4 members (excludes halogenated alkanes) is 2. The average Bonchev–Trinajstić information content (AvgIpc) is 1.89. The molecule has 1 radical (unpaired) electrons. The number of hydrogen-bond acceptors (Lipinski definition) is 1. The lowest BCUT2D eigenvalue weighted by Crippen LogP contribution is -2.14. The summed E-state index contributed by atoms with van der Waals surface area (Å²) in [5.74, 6) is 0. The minimum Gasteiger partial charge on any atom is -0.313 e. The minimum atomic E-state index is 0.928. The van der Waals surface area contributed by atoms with Gasteiger partial charge in [-0.15, -0.1) is 6.58 Å². The largest absolute Gasteiger partial charge is 0.313 e. The van der Waals surface area contributed by atoms with Crippen molar-refractivity contribution in [3.63, 3.8) is 0 Å². The van der Waals surface area contributed by atoms with E-state index in [4.69, 9.17) is 0 Å². The molecule has 0 unspecified atom stereocenters. The van der Waals surface area contributed by atoms with Gasteiger partial charge in [0.2, 0.25) is 0 Å². The van der Waals surface area contributed by atoms with E-state index in [2.05, 4.69) is 18.8 Å². The van der Waals surface area contributed by atoms with Crippen LogP contribution in [0.25, 0.3) is 0 Å². The SMILES string of the molecule is [CH2]CCCCNCC=C. The Morgan fingerprint density at radius 2 is 2.11 bits per heavy atom. The molecule has 0 spiro atoms. The van der Waals surface area contributed by atoms with Crippen molar-refractivity contribution in [1.82, 2.24) is 5.32 Å². The third kappa shape index (κ3) is 7.70. The molecule has 1 heteroatoms. The lowest BCUT2D eigenvalue weighted by atomic mass is 10.2. The van der Waals surface area contributed by atoms with Crippen molar-refractivity contribution in [2.24, 2.45) is 0 Å². The van der Waals surface area contributed by atoms with Crippen molar-refractivity contribution in [2.45, 2.75) is 19.3 Å². The van der Waals surface area contributed by atoms with Crippen LogP contribution in [-0.4, -0.2) is 13.1 Å². The van der Waals surface area contributed by atoms with E-state index in [1.807, 2.05) is 6.08 Å². The molecule has 0 saturated carbocycles.